The van der Waals surface area contributed by atoms with Crippen LogP contribution in [0.25, 0.3) is 21.3 Å². The average molecular weight is 391 g/mol. The highest BCUT2D eigenvalue weighted by atomic mass is 32.1. The molecule has 0 radical (unpaired) electrons. The molecule has 4 rings (SSSR count). The van der Waals surface area contributed by atoms with E-state index >= 15 is 0 Å². The molecule has 3 aromatic heterocycles. The van der Waals surface area contributed by atoms with Crippen molar-refractivity contribution in [1.29, 1.82) is 0 Å². The van der Waals surface area contributed by atoms with Crippen LogP contribution in [0.3, 0.4) is 0 Å². The topological polar surface area (TPSA) is 68.0 Å². The number of fused-ring (bicyclic) bond motifs is 2. The summed E-state index contributed by atoms with van der Waals surface area (Å²) in [6, 6.07) is 4.12. The number of benzene rings is 1. The van der Waals surface area contributed by atoms with Gasteiger partial charge < -0.3 is 9.67 Å². The molecule has 0 unspecified atom stereocenters. The normalized spacial score (nSPS) is 11.6. The summed E-state index contributed by atoms with van der Waals surface area (Å²) in [5.74, 6) is -4.34. The number of aryl methyl sites for hydroxylation is 1. The van der Waals surface area contributed by atoms with E-state index in [9.17, 15) is 18.0 Å². The summed E-state index contributed by atoms with van der Waals surface area (Å²) in [7, 11) is 0. The molecular weight excluding hydrogens is 379 g/mol. The third kappa shape index (κ3) is 3.03. The summed E-state index contributed by atoms with van der Waals surface area (Å²) < 4.78 is 42.7. The van der Waals surface area contributed by atoms with E-state index in [0.717, 1.165) is 28.0 Å². The Bertz CT molecular complexity index is 1220. The van der Waals surface area contributed by atoms with Crippen molar-refractivity contribution < 1.29 is 23.1 Å². The number of nitrogens with zero attached hydrogens (tertiary/aromatic N) is 3. The van der Waals surface area contributed by atoms with Crippen molar-refractivity contribution in [2.24, 2.45) is 0 Å². The Balaban J connectivity index is 1.82. The van der Waals surface area contributed by atoms with Gasteiger partial charge in [0.1, 0.15) is 23.5 Å². The number of carboxylic acids is 1. The van der Waals surface area contributed by atoms with Gasteiger partial charge in [0.25, 0.3) is 0 Å². The number of halogens is 3. The van der Waals surface area contributed by atoms with E-state index in [1.165, 1.54) is 4.57 Å². The number of aromatic nitrogens is 3. The Hall–Kier alpha value is -2.94. The zero-order chi connectivity index (χ0) is 19.3. The highest BCUT2D eigenvalue weighted by Crippen LogP contribution is 2.31. The lowest BCUT2D eigenvalue weighted by Gasteiger charge is -2.00. The minimum Gasteiger partial charge on any atom is -0.480 e. The fraction of sp³-hybridized carbons (Fsp3) is 0.167. The van der Waals surface area contributed by atoms with Gasteiger partial charge >= 0.3 is 5.97 Å². The number of pyridine rings is 1. The van der Waals surface area contributed by atoms with Gasteiger partial charge in [-0.25, -0.2) is 23.1 Å². The largest absolute Gasteiger partial charge is 0.480 e. The Morgan fingerprint density at radius 1 is 1.22 bits per heavy atom. The number of aliphatic carboxylic acids is 1. The fourth-order valence-corrected chi connectivity index (χ4v) is 3.99. The molecule has 0 spiro atoms. The van der Waals surface area contributed by atoms with Crippen LogP contribution < -0.4 is 0 Å². The lowest BCUT2D eigenvalue weighted by atomic mass is 10.1. The Labute approximate surface area is 154 Å². The van der Waals surface area contributed by atoms with Crippen LogP contribution in [0.5, 0.6) is 0 Å². The molecule has 0 fully saturated rings. The first-order valence-electron chi connectivity index (χ1n) is 7.93. The van der Waals surface area contributed by atoms with Crippen LogP contribution in [-0.2, 0) is 17.8 Å². The Morgan fingerprint density at radius 3 is 2.74 bits per heavy atom. The van der Waals surface area contributed by atoms with Crippen molar-refractivity contribution in [3.63, 3.8) is 0 Å². The summed E-state index contributed by atoms with van der Waals surface area (Å²) in [5.41, 5.74) is 1.63. The summed E-state index contributed by atoms with van der Waals surface area (Å²) in [6.07, 6.45) is 1.86. The lowest BCUT2D eigenvalue weighted by Crippen LogP contribution is -2.08. The summed E-state index contributed by atoms with van der Waals surface area (Å²) in [6.45, 7) is 1.53. The first-order chi connectivity index (χ1) is 12.8. The quantitative estimate of drug-likeness (QED) is 0.533. The standard InChI is InChI=1S/C18H12F3N3O2S/c1-8-2-3-10-9(6-24(7-14(25)26)18(10)22-8)4-13-23-16-15(21)11(19)5-12(20)17(16)27-13/h2-3,5-6H,4,7H2,1H3,(H,25,26). The second-order valence-corrected chi connectivity index (χ2v) is 7.20. The highest BCUT2D eigenvalue weighted by molar-refractivity contribution is 7.18. The van der Waals surface area contributed by atoms with Gasteiger partial charge in [-0.15, -0.1) is 11.3 Å². The molecule has 0 aliphatic rings. The molecule has 0 aliphatic heterocycles. The van der Waals surface area contributed by atoms with Gasteiger partial charge in [0, 0.05) is 29.8 Å². The van der Waals surface area contributed by atoms with Crippen LogP contribution in [0.1, 0.15) is 16.3 Å². The molecule has 9 heteroatoms. The van der Waals surface area contributed by atoms with Gasteiger partial charge in [0.2, 0.25) is 0 Å². The van der Waals surface area contributed by atoms with E-state index in [1.54, 1.807) is 19.2 Å². The molecule has 27 heavy (non-hydrogen) atoms. The molecule has 1 aromatic carbocycles. The molecular formula is C18H12F3N3O2S. The number of carboxylic acid groups (broad SMARTS) is 1. The average Bonchev–Trinajstić information content (AvgIpc) is 3.15. The van der Waals surface area contributed by atoms with Gasteiger partial charge in [-0.05, 0) is 24.6 Å². The number of hydrogen-bond acceptors (Lipinski definition) is 4. The minimum atomic E-state index is -1.28. The van der Waals surface area contributed by atoms with Crippen LogP contribution in [-0.4, -0.2) is 25.6 Å². The molecule has 0 aliphatic carbocycles. The molecule has 0 bridgehead atoms. The highest BCUT2D eigenvalue weighted by Gasteiger charge is 2.19. The molecule has 1 N–H and O–H groups in total. The van der Waals surface area contributed by atoms with E-state index in [1.807, 2.05) is 6.07 Å². The molecule has 0 saturated heterocycles. The number of thiazole rings is 1. The second-order valence-electron chi connectivity index (χ2n) is 6.12. The van der Waals surface area contributed by atoms with Crippen molar-refractivity contribution >= 4 is 38.6 Å². The SMILES string of the molecule is Cc1ccc2c(Cc3nc4c(F)c(F)cc(F)c4s3)cn(CC(=O)O)c2n1. The van der Waals surface area contributed by atoms with Crippen molar-refractivity contribution in [2.45, 2.75) is 19.9 Å². The van der Waals surface area contributed by atoms with Gasteiger partial charge in [-0.3, -0.25) is 4.79 Å². The predicted molar refractivity (Wildman–Crippen MR) is 94.4 cm³/mol. The molecule has 0 atom stereocenters. The van der Waals surface area contributed by atoms with E-state index in [0.29, 0.717) is 16.7 Å². The van der Waals surface area contributed by atoms with Crippen LogP contribution in [0.2, 0.25) is 0 Å². The third-order valence-electron chi connectivity index (χ3n) is 4.15. The zero-order valence-corrected chi connectivity index (χ0v) is 14.8. The van der Waals surface area contributed by atoms with Gasteiger partial charge in [0.15, 0.2) is 11.6 Å². The van der Waals surface area contributed by atoms with Gasteiger partial charge in [-0.1, -0.05) is 0 Å². The van der Waals surface area contributed by atoms with Crippen LogP contribution in [0, 0.1) is 24.4 Å². The van der Waals surface area contributed by atoms with E-state index in [-0.39, 0.29) is 23.2 Å². The number of rotatable bonds is 4. The van der Waals surface area contributed by atoms with Crippen LogP contribution in [0.15, 0.2) is 24.4 Å². The molecule has 3 heterocycles. The minimum absolute atomic E-state index is 0.0489. The first kappa shape index (κ1) is 17.5. The maximum absolute atomic E-state index is 13.9. The zero-order valence-electron chi connectivity index (χ0n) is 14.0. The second kappa shape index (κ2) is 6.34. The van der Waals surface area contributed by atoms with Crippen molar-refractivity contribution in [3.05, 3.63) is 58.1 Å². The monoisotopic (exact) mass is 391 g/mol. The first-order valence-corrected chi connectivity index (χ1v) is 8.75. The lowest BCUT2D eigenvalue weighted by molar-refractivity contribution is -0.137. The van der Waals surface area contributed by atoms with E-state index in [4.69, 9.17) is 5.11 Å². The fourth-order valence-electron chi connectivity index (χ4n) is 3.01. The summed E-state index contributed by atoms with van der Waals surface area (Å²) in [5, 5.41) is 10.2. The van der Waals surface area contributed by atoms with Crippen molar-refractivity contribution in [3.8, 4) is 0 Å². The summed E-state index contributed by atoms with van der Waals surface area (Å²) in [4.78, 5) is 19.5. The molecule has 5 nitrogen and oxygen atoms in total. The smallest absolute Gasteiger partial charge is 0.323 e. The molecule has 0 saturated carbocycles. The van der Waals surface area contributed by atoms with Crippen molar-refractivity contribution in [2.75, 3.05) is 0 Å². The molecule has 0 amide bonds. The number of carbonyl (C=O) groups is 1. The Morgan fingerprint density at radius 2 is 2.00 bits per heavy atom. The Kier molecular flexibility index (Phi) is 4.11. The van der Waals surface area contributed by atoms with E-state index in [2.05, 4.69) is 9.97 Å². The third-order valence-corrected chi connectivity index (χ3v) is 5.21. The summed E-state index contributed by atoms with van der Waals surface area (Å²) >= 11 is 0.938. The maximum Gasteiger partial charge on any atom is 0.323 e. The number of hydrogen-bond donors (Lipinski definition) is 1. The van der Waals surface area contributed by atoms with Crippen LogP contribution >= 0.6 is 11.3 Å². The van der Waals surface area contributed by atoms with Gasteiger partial charge in [-0.2, -0.15) is 0 Å². The van der Waals surface area contributed by atoms with Crippen molar-refractivity contribution in [1.82, 2.24) is 14.5 Å². The maximum atomic E-state index is 13.9. The molecule has 4 aromatic rings. The van der Waals surface area contributed by atoms with E-state index < -0.39 is 23.4 Å². The van der Waals surface area contributed by atoms with Gasteiger partial charge in [0.05, 0.1) is 9.71 Å². The predicted octanol–water partition coefficient (Wildman–Crippen LogP) is 4.05. The molecule has 138 valence electrons. The van der Waals surface area contributed by atoms with Crippen LogP contribution in [0.4, 0.5) is 13.2 Å².